The van der Waals surface area contributed by atoms with Crippen LogP contribution in [0.3, 0.4) is 0 Å². The lowest BCUT2D eigenvalue weighted by Gasteiger charge is -2.39. The van der Waals surface area contributed by atoms with E-state index in [0.717, 1.165) is 85.6 Å². The van der Waals surface area contributed by atoms with Crippen LogP contribution in [-0.4, -0.2) is 167 Å². The van der Waals surface area contributed by atoms with Crippen LogP contribution in [0, 0.1) is 25.7 Å². The molecule has 2 amide bonds. The summed E-state index contributed by atoms with van der Waals surface area (Å²) in [7, 11) is 14.0. The number of hydrogen-bond acceptors (Lipinski definition) is 17. The zero-order chi connectivity index (χ0) is 66.6. The molecule has 1 aliphatic rings. The average molecular weight is 1260 g/mol. The number of likely N-dealkylation sites (N-methyl/N-ethyl adjacent to an activating group) is 2. The number of anilines is 2. The van der Waals surface area contributed by atoms with E-state index in [-0.39, 0.29) is 29.4 Å². The Hall–Kier alpha value is -7.62. The fourth-order valence-corrected chi connectivity index (χ4v) is 12.0. The number of carbonyl (C=O) groups is 2. The van der Waals surface area contributed by atoms with E-state index in [1.54, 1.807) is 91.2 Å². The van der Waals surface area contributed by atoms with Gasteiger partial charge in [-0.15, -0.1) is 0 Å². The quantitative estimate of drug-likeness (QED) is 0.0200. The average Bonchev–Trinajstić information content (AvgIpc) is 0.939. The number of phenolic OH excluding ortho intramolecular Hbond substituents is 1. The summed E-state index contributed by atoms with van der Waals surface area (Å²) in [6, 6.07) is 37.1. The number of hydrogen-bond donors (Lipinski definition) is 7. The third kappa shape index (κ3) is 18.3. The highest BCUT2D eigenvalue weighted by molar-refractivity contribution is 6.00. The summed E-state index contributed by atoms with van der Waals surface area (Å²) in [5.74, 6) is 4.18. The Kier molecular flexibility index (Phi) is 27.2. The third-order valence-corrected chi connectivity index (χ3v) is 17.6. The summed E-state index contributed by atoms with van der Waals surface area (Å²) in [6.45, 7) is 15.2. The van der Waals surface area contributed by atoms with E-state index in [1.165, 1.54) is 11.1 Å². The summed E-state index contributed by atoms with van der Waals surface area (Å²) in [4.78, 5) is 33.2. The Morgan fingerprint density at radius 3 is 1.29 bits per heavy atom. The van der Waals surface area contributed by atoms with Crippen molar-refractivity contribution < 1.29 is 73.0 Å². The largest absolute Gasteiger partial charge is 0.508 e. The predicted molar refractivity (Wildman–Crippen MR) is 355 cm³/mol. The Morgan fingerprint density at radius 1 is 0.516 bits per heavy atom. The molecule has 1 aliphatic heterocycles. The van der Waals surface area contributed by atoms with Gasteiger partial charge in [0, 0.05) is 24.5 Å². The van der Waals surface area contributed by atoms with Crippen molar-refractivity contribution in [2.45, 2.75) is 122 Å². The standard InChI is InChI=1S/C39H54N2O10.C33H44N2O5/c1-24(2)39(27-10-16-31(48-6)32(22-27)49-7,18-8-19-41(4)20-17-26-9-15-30(47-5)25(3)21-26)38(46)40-28-11-13-29(14-12-28)50-37-36(45)35(44)34(43)33(23-42)51-37;1-23(2)33(26-10-16-30(39-6)31(22-26)40-7,32(37)34-27-11-13-28(36)14-12-27)18-8-19-35(4)20-17-25-9-15-29(38-5)24(3)21-25/h9-16,21-22,24,33-37,42-45H,8,17-20,23H2,1-7H3,(H,40,46);9-16,21-23,36H,8,17-20H2,1-7H3,(H,34,37)/t33?,34-,35+,36?,37+,39?;/m0./s1. The van der Waals surface area contributed by atoms with Gasteiger partial charge in [-0.1, -0.05) is 64.1 Å². The van der Waals surface area contributed by atoms with Crippen molar-refractivity contribution in [3.8, 4) is 46.0 Å². The highest BCUT2D eigenvalue weighted by Gasteiger charge is 2.46. The zero-order valence-electron chi connectivity index (χ0n) is 55.6. The number of aliphatic hydroxyl groups excluding tert-OH is 4. The Balaban J connectivity index is 0.000000298. The van der Waals surface area contributed by atoms with Crippen molar-refractivity contribution in [3.63, 3.8) is 0 Å². The van der Waals surface area contributed by atoms with Crippen LogP contribution in [0.15, 0.2) is 121 Å². The van der Waals surface area contributed by atoms with Crippen LogP contribution in [0.4, 0.5) is 11.4 Å². The fourth-order valence-electron chi connectivity index (χ4n) is 12.0. The number of aliphatic hydroxyl groups is 4. The number of phenols is 1. The first kappa shape index (κ1) is 72.4. The van der Waals surface area contributed by atoms with Crippen molar-refractivity contribution in [1.29, 1.82) is 0 Å². The fraction of sp³-hybridized carbons (Fsp3) is 0.472. The first-order valence-corrected chi connectivity index (χ1v) is 31.1. The molecule has 1 saturated heterocycles. The lowest BCUT2D eigenvalue weighted by molar-refractivity contribution is -0.277. The van der Waals surface area contributed by atoms with Crippen LogP contribution in [0.25, 0.3) is 0 Å². The van der Waals surface area contributed by atoms with E-state index in [2.05, 4.69) is 79.6 Å². The van der Waals surface area contributed by atoms with Crippen LogP contribution in [-0.2, 0) is 38.0 Å². The van der Waals surface area contributed by atoms with E-state index in [9.17, 15) is 35.1 Å². The van der Waals surface area contributed by atoms with Crippen LogP contribution < -0.4 is 43.8 Å². The molecule has 7 atom stereocenters. The second-order valence-electron chi connectivity index (χ2n) is 24.1. The smallest absolute Gasteiger partial charge is 0.235 e. The first-order valence-electron chi connectivity index (χ1n) is 31.1. The highest BCUT2D eigenvalue weighted by Crippen LogP contribution is 2.44. The van der Waals surface area contributed by atoms with Crippen LogP contribution in [0.2, 0.25) is 0 Å². The number of ether oxygens (including phenoxy) is 8. The van der Waals surface area contributed by atoms with Crippen LogP contribution in [0.5, 0.6) is 46.0 Å². The summed E-state index contributed by atoms with van der Waals surface area (Å²) < 4.78 is 44.2. The molecule has 0 saturated carbocycles. The van der Waals surface area contributed by atoms with Crippen LogP contribution >= 0.6 is 0 Å². The molecule has 0 aromatic heterocycles. The van der Waals surface area contributed by atoms with Gasteiger partial charge in [-0.2, -0.15) is 0 Å². The molecule has 7 rings (SSSR count). The third-order valence-electron chi connectivity index (χ3n) is 17.6. The second-order valence-corrected chi connectivity index (χ2v) is 24.1. The Bertz CT molecular complexity index is 3250. The van der Waals surface area contributed by atoms with Gasteiger partial charge in [-0.05, 0) is 210 Å². The minimum absolute atomic E-state index is 0.00436. The van der Waals surface area contributed by atoms with Crippen molar-refractivity contribution in [2.75, 3.05) is 100 Å². The number of methoxy groups -OCH3 is 6. The van der Waals surface area contributed by atoms with E-state index < -0.39 is 48.1 Å². The molecule has 1 fully saturated rings. The van der Waals surface area contributed by atoms with Gasteiger partial charge < -0.3 is 83.9 Å². The normalized spacial score (nSPS) is 17.7. The van der Waals surface area contributed by atoms with E-state index in [1.807, 2.05) is 69.3 Å². The summed E-state index contributed by atoms with van der Waals surface area (Å²) in [5.41, 5.74) is 5.88. The molecule has 19 heteroatoms. The Labute approximate surface area is 538 Å². The summed E-state index contributed by atoms with van der Waals surface area (Å²) in [6.07, 6.45) is -2.37. The topological polar surface area (TPSA) is 240 Å². The number of nitrogens with one attached hydrogen (secondary N) is 2. The zero-order valence-corrected chi connectivity index (χ0v) is 55.6. The monoisotopic (exact) mass is 1260 g/mol. The number of carbonyl (C=O) groups excluding carboxylic acids is 2. The van der Waals surface area contributed by atoms with Crippen molar-refractivity contribution >= 4 is 23.2 Å². The van der Waals surface area contributed by atoms with Gasteiger partial charge in [0.1, 0.15) is 47.4 Å². The van der Waals surface area contributed by atoms with Gasteiger partial charge in [-0.25, -0.2) is 0 Å². The maximum absolute atomic E-state index is 14.5. The number of amides is 2. The molecular formula is C72H98N4O15. The number of benzene rings is 6. The van der Waals surface area contributed by atoms with E-state index in [4.69, 9.17) is 37.9 Å². The molecule has 496 valence electrons. The van der Waals surface area contributed by atoms with E-state index >= 15 is 0 Å². The minimum Gasteiger partial charge on any atom is -0.508 e. The molecule has 6 aromatic carbocycles. The maximum Gasteiger partial charge on any atom is 0.235 e. The van der Waals surface area contributed by atoms with E-state index in [0.29, 0.717) is 53.0 Å². The molecule has 0 spiro atoms. The predicted octanol–water partition coefficient (Wildman–Crippen LogP) is 9.90. The van der Waals surface area contributed by atoms with Crippen molar-refractivity contribution in [1.82, 2.24) is 9.80 Å². The molecule has 6 aromatic rings. The SMILES string of the molecule is COc1ccc(CCN(C)CCCC(C(=O)Nc2ccc(O)cc2)(c2ccc(OC)c(OC)c2)C(C)C)cc1C.COc1ccc(CCN(C)CCCC(C(=O)Nc2ccc(O[C@@H]3OC(CO)[C@H](O)[C@@H](O)C3O)cc2)(c2ccc(OC)c(OC)c2)C(C)C)cc1C. The van der Waals surface area contributed by atoms with Gasteiger partial charge in [0.25, 0.3) is 0 Å². The second kappa shape index (κ2) is 34.2. The molecule has 19 nitrogen and oxygen atoms in total. The first-order chi connectivity index (χ1) is 43.5. The lowest BCUT2D eigenvalue weighted by Crippen LogP contribution is -2.60. The van der Waals surface area contributed by atoms with Crippen molar-refractivity contribution in [2.24, 2.45) is 11.8 Å². The Morgan fingerprint density at radius 2 is 0.912 bits per heavy atom. The number of aryl methyl sites for hydroxylation is 2. The van der Waals surface area contributed by atoms with Gasteiger partial charge in [-0.3, -0.25) is 9.59 Å². The molecular weight excluding hydrogens is 1160 g/mol. The molecule has 0 radical (unpaired) electrons. The van der Waals surface area contributed by atoms with Gasteiger partial charge in [0.05, 0.1) is 60.1 Å². The van der Waals surface area contributed by atoms with Gasteiger partial charge in [0.15, 0.2) is 23.0 Å². The number of rotatable bonds is 31. The van der Waals surface area contributed by atoms with Gasteiger partial charge in [0.2, 0.25) is 18.1 Å². The molecule has 7 N–H and O–H groups in total. The lowest BCUT2D eigenvalue weighted by atomic mass is 9.67. The molecule has 4 unspecified atom stereocenters. The van der Waals surface area contributed by atoms with Crippen LogP contribution in [0.1, 0.15) is 86.8 Å². The van der Waals surface area contributed by atoms with Gasteiger partial charge >= 0.3 is 0 Å². The molecule has 0 aliphatic carbocycles. The molecule has 91 heavy (non-hydrogen) atoms. The van der Waals surface area contributed by atoms with Crippen molar-refractivity contribution in [3.05, 3.63) is 155 Å². The minimum atomic E-state index is -1.56. The number of aromatic hydroxyl groups is 1. The summed E-state index contributed by atoms with van der Waals surface area (Å²) in [5, 5.41) is 56.0. The summed E-state index contributed by atoms with van der Waals surface area (Å²) >= 11 is 0. The molecule has 1 heterocycles. The highest BCUT2D eigenvalue weighted by atomic mass is 16.7. The maximum atomic E-state index is 14.5. The molecule has 0 bridgehead atoms. The number of nitrogens with zero attached hydrogens (tertiary/aromatic N) is 2.